The first-order valence-electron chi connectivity index (χ1n) is 9.30. The maximum absolute atomic E-state index is 5.41. The number of aliphatic imine (C=N–C) groups is 1. The van der Waals surface area contributed by atoms with E-state index < -0.39 is 0 Å². The van der Waals surface area contributed by atoms with Crippen LogP contribution in [0, 0.1) is 0 Å². The zero-order valence-corrected chi connectivity index (χ0v) is 18.1. The number of aromatic nitrogens is 2. The standard InChI is InChI=1S/C19H29N5O.HI/c1-3-4-9-20-19(21-10-7-18-6-5-12-25-18)24-11-8-16(15-24)17-13-22-23(2)14-17;/h5-6,12-14,16H,3-4,7-11,15H2,1-2H3,(H,20,21);1H. The van der Waals surface area contributed by atoms with Crippen LogP contribution in [0.4, 0.5) is 0 Å². The maximum Gasteiger partial charge on any atom is 0.193 e. The molecular formula is C19H30IN5O. The van der Waals surface area contributed by atoms with Gasteiger partial charge in [0, 0.05) is 51.8 Å². The van der Waals surface area contributed by atoms with Crippen molar-refractivity contribution in [2.24, 2.45) is 12.0 Å². The van der Waals surface area contributed by atoms with Gasteiger partial charge in [-0.2, -0.15) is 5.10 Å². The van der Waals surface area contributed by atoms with Crippen molar-refractivity contribution < 1.29 is 4.42 Å². The van der Waals surface area contributed by atoms with Crippen molar-refractivity contribution in [3.8, 4) is 0 Å². The number of halogens is 1. The first kappa shape index (κ1) is 20.8. The van der Waals surface area contributed by atoms with Gasteiger partial charge in [-0.3, -0.25) is 9.67 Å². The Morgan fingerprint density at radius 1 is 1.46 bits per heavy atom. The van der Waals surface area contributed by atoms with Gasteiger partial charge in [0.2, 0.25) is 0 Å². The minimum absolute atomic E-state index is 0. The zero-order chi connectivity index (χ0) is 17.5. The predicted molar refractivity (Wildman–Crippen MR) is 115 cm³/mol. The van der Waals surface area contributed by atoms with Crippen LogP contribution in [0.1, 0.15) is 43.4 Å². The van der Waals surface area contributed by atoms with Crippen molar-refractivity contribution in [1.29, 1.82) is 0 Å². The Morgan fingerprint density at radius 3 is 3.04 bits per heavy atom. The molecule has 2 aromatic rings. The van der Waals surface area contributed by atoms with Gasteiger partial charge in [-0.05, 0) is 30.5 Å². The smallest absolute Gasteiger partial charge is 0.193 e. The molecule has 3 heterocycles. The number of nitrogens with one attached hydrogen (secondary N) is 1. The van der Waals surface area contributed by atoms with Crippen molar-refractivity contribution >= 4 is 29.9 Å². The third kappa shape index (κ3) is 5.75. The highest BCUT2D eigenvalue weighted by atomic mass is 127. The molecule has 144 valence electrons. The molecule has 0 aromatic carbocycles. The van der Waals surface area contributed by atoms with Crippen LogP contribution in [-0.2, 0) is 13.5 Å². The van der Waals surface area contributed by atoms with E-state index in [9.17, 15) is 0 Å². The first-order chi connectivity index (χ1) is 12.3. The topological polar surface area (TPSA) is 58.6 Å². The quantitative estimate of drug-likeness (QED) is 0.291. The number of rotatable bonds is 7. The van der Waals surface area contributed by atoms with E-state index in [2.05, 4.69) is 28.4 Å². The second-order valence-electron chi connectivity index (χ2n) is 6.69. The Labute approximate surface area is 173 Å². The summed E-state index contributed by atoms with van der Waals surface area (Å²) in [6.07, 6.45) is 10.2. The summed E-state index contributed by atoms with van der Waals surface area (Å²) in [5.41, 5.74) is 1.33. The van der Waals surface area contributed by atoms with Gasteiger partial charge in [0.25, 0.3) is 0 Å². The summed E-state index contributed by atoms with van der Waals surface area (Å²) in [5.74, 6) is 2.58. The van der Waals surface area contributed by atoms with Crippen LogP contribution in [0.5, 0.6) is 0 Å². The summed E-state index contributed by atoms with van der Waals surface area (Å²) in [7, 11) is 1.98. The number of unbranched alkanes of at least 4 members (excludes halogenated alkanes) is 1. The van der Waals surface area contributed by atoms with Crippen LogP contribution < -0.4 is 5.32 Å². The van der Waals surface area contributed by atoms with E-state index >= 15 is 0 Å². The largest absolute Gasteiger partial charge is 0.469 e. The summed E-state index contributed by atoms with van der Waals surface area (Å²) < 4.78 is 7.30. The second kappa shape index (κ2) is 10.6. The van der Waals surface area contributed by atoms with Gasteiger partial charge in [0.05, 0.1) is 12.5 Å². The van der Waals surface area contributed by atoms with Gasteiger partial charge in [-0.1, -0.05) is 13.3 Å². The van der Waals surface area contributed by atoms with Crippen molar-refractivity contribution in [3.63, 3.8) is 0 Å². The molecule has 1 aliphatic heterocycles. The molecule has 1 unspecified atom stereocenters. The Hall–Kier alpha value is -1.51. The molecule has 0 aliphatic carbocycles. The van der Waals surface area contributed by atoms with E-state index in [0.29, 0.717) is 5.92 Å². The molecule has 6 nitrogen and oxygen atoms in total. The lowest BCUT2D eigenvalue weighted by Crippen LogP contribution is -2.41. The van der Waals surface area contributed by atoms with Gasteiger partial charge in [0.1, 0.15) is 5.76 Å². The van der Waals surface area contributed by atoms with Crippen molar-refractivity contribution in [3.05, 3.63) is 42.1 Å². The number of nitrogens with zero attached hydrogens (tertiary/aromatic N) is 4. The summed E-state index contributed by atoms with van der Waals surface area (Å²) in [5, 5.41) is 7.84. The number of hydrogen-bond donors (Lipinski definition) is 1. The molecule has 7 heteroatoms. The van der Waals surface area contributed by atoms with Crippen molar-refractivity contribution in [1.82, 2.24) is 20.0 Å². The Morgan fingerprint density at radius 2 is 2.35 bits per heavy atom. The third-order valence-corrected chi connectivity index (χ3v) is 4.69. The molecule has 1 atom stereocenters. The highest BCUT2D eigenvalue weighted by molar-refractivity contribution is 14.0. The Balaban J connectivity index is 0.00000243. The van der Waals surface area contributed by atoms with Gasteiger partial charge in [-0.25, -0.2) is 0 Å². The van der Waals surface area contributed by atoms with Crippen molar-refractivity contribution in [2.45, 2.75) is 38.5 Å². The summed E-state index contributed by atoms with van der Waals surface area (Å²) >= 11 is 0. The molecule has 0 bridgehead atoms. The molecule has 0 saturated carbocycles. The molecule has 0 amide bonds. The minimum Gasteiger partial charge on any atom is -0.469 e. The molecule has 2 aromatic heterocycles. The van der Waals surface area contributed by atoms with E-state index in [1.54, 1.807) is 6.26 Å². The lowest BCUT2D eigenvalue weighted by molar-refractivity contribution is 0.474. The lowest BCUT2D eigenvalue weighted by Gasteiger charge is -2.22. The minimum atomic E-state index is 0. The molecule has 3 rings (SSSR count). The number of guanidine groups is 1. The van der Waals surface area contributed by atoms with Crippen LogP contribution in [0.2, 0.25) is 0 Å². The fourth-order valence-electron chi connectivity index (χ4n) is 3.24. The fraction of sp³-hybridized carbons (Fsp3) is 0.579. The maximum atomic E-state index is 5.41. The SMILES string of the molecule is CCCCN=C(NCCc1ccco1)N1CCC(c2cnn(C)c2)C1.I. The van der Waals surface area contributed by atoms with Crippen LogP contribution in [0.25, 0.3) is 0 Å². The Bertz CT molecular complexity index is 667. The molecule has 0 radical (unpaired) electrons. The van der Waals surface area contributed by atoms with Crippen molar-refractivity contribution in [2.75, 3.05) is 26.2 Å². The number of furan rings is 1. The van der Waals surface area contributed by atoms with E-state index in [1.165, 1.54) is 12.0 Å². The summed E-state index contributed by atoms with van der Waals surface area (Å²) in [4.78, 5) is 7.21. The first-order valence-corrected chi connectivity index (χ1v) is 9.30. The number of likely N-dealkylation sites (tertiary alicyclic amines) is 1. The van der Waals surface area contributed by atoms with Gasteiger partial charge >= 0.3 is 0 Å². The fourth-order valence-corrected chi connectivity index (χ4v) is 3.24. The summed E-state index contributed by atoms with van der Waals surface area (Å²) in [6, 6.07) is 3.95. The average Bonchev–Trinajstić information content (AvgIpc) is 3.35. The van der Waals surface area contributed by atoms with Crippen LogP contribution in [0.3, 0.4) is 0 Å². The van der Waals surface area contributed by atoms with Crippen LogP contribution >= 0.6 is 24.0 Å². The zero-order valence-electron chi connectivity index (χ0n) is 15.7. The summed E-state index contributed by atoms with van der Waals surface area (Å²) in [6.45, 7) is 5.97. The lowest BCUT2D eigenvalue weighted by atomic mass is 10.0. The van der Waals surface area contributed by atoms with Gasteiger partial charge in [-0.15, -0.1) is 24.0 Å². The third-order valence-electron chi connectivity index (χ3n) is 4.69. The van der Waals surface area contributed by atoms with Gasteiger partial charge < -0.3 is 14.6 Å². The van der Waals surface area contributed by atoms with Crippen LogP contribution in [0.15, 0.2) is 40.2 Å². The highest BCUT2D eigenvalue weighted by Crippen LogP contribution is 2.26. The van der Waals surface area contributed by atoms with E-state index in [4.69, 9.17) is 9.41 Å². The highest BCUT2D eigenvalue weighted by Gasteiger charge is 2.26. The Kier molecular flexibility index (Phi) is 8.47. The average molecular weight is 471 g/mol. The van der Waals surface area contributed by atoms with Crippen LogP contribution in [-0.4, -0.2) is 46.8 Å². The molecule has 26 heavy (non-hydrogen) atoms. The molecule has 1 N–H and O–H groups in total. The predicted octanol–water partition coefficient (Wildman–Crippen LogP) is 3.41. The molecule has 1 fully saturated rings. The van der Waals surface area contributed by atoms with E-state index in [-0.39, 0.29) is 24.0 Å². The molecule has 0 spiro atoms. The molecule has 1 saturated heterocycles. The number of hydrogen-bond acceptors (Lipinski definition) is 3. The van der Waals surface area contributed by atoms with E-state index in [1.807, 2.05) is 30.1 Å². The molecule has 1 aliphatic rings. The van der Waals surface area contributed by atoms with E-state index in [0.717, 1.165) is 57.2 Å². The molecular weight excluding hydrogens is 441 g/mol. The van der Waals surface area contributed by atoms with Gasteiger partial charge in [0.15, 0.2) is 5.96 Å². The second-order valence-corrected chi connectivity index (χ2v) is 6.69. The monoisotopic (exact) mass is 471 g/mol. The number of aryl methyl sites for hydroxylation is 1. The normalized spacial score (nSPS) is 17.4.